The highest BCUT2D eigenvalue weighted by molar-refractivity contribution is 5.33. The number of rotatable bonds is 6. The largest absolute Gasteiger partial charge is 0.0654 e. The Bertz CT molecular complexity index is 286. The second-order valence-electron chi connectivity index (χ2n) is 4.52. The van der Waals surface area contributed by atoms with E-state index < -0.39 is 0 Å². The molecule has 1 aromatic rings. The standard InChI is InChI=1S/C15H24/c1-4-5-6-7-8-11-15-12-9-10-13(2)14(15)3/h9-10,12H,4-8,11H2,1-3H3. The predicted octanol–water partition coefficient (Wildman–Crippen LogP) is 4.82. The van der Waals surface area contributed by atoms with E-state index in [2.05, 4.69) is 39.0 Å². The average Bonchev–Trinajstić information content (AvgIpc) is 2.24. The van der Waals surface area contributed by atoms with Crippen LogP contribution in [0.3, 0.4) is 0 Å². The van der Waals surface area contributed by atoms with Gasteiger partial charge in [-0.25, -0.2) is 0 Å². The van der Waals surface area contributed by atoms with Crippen molar-refractivity contribution in [3.8, 4) is 0 Å². The zero-order valence-corrected chi connectivity index (χ0v) is 10.5. The number of benzene rings is 1. The molecular formula is C15H24. The summed E-state index contributed by atoms with van der Waals surface area (Å²) in [5.74, 6) is 0. The molecule has 0 aromatic heterocycles. The van der Waals surface area contributed by atoms with Crippen molar-refractivity contribution in [2.45, 2.75) is 59.3 Å². The van der Waals surface area contributed by atoms with E-state index in [-0.39, 0.29) is 0 Å². The summed E-state index contributed by atoms with van der Waals surface area (Å²) in [7, 11) is 0. The minimum atomic E-state index is 1.26. The summed E-state index contributed by atoms with van der Waals surface area (Å²) in [5.41, 5.74) is 4.47. The molecule has 0 saturated carbocycles. The maximum Gasteiger partial charge on any atom is -0.0276 e. The molecular weight excluding hydrogens is 180 g/mol. The monoisotopic (exact) mass is 204 g/mol. The zero-order chi connectivity index (χ0) is 11.1. The lowest BCUT2D eigenvalue weighted by atomic mass is 9.98. The SMILES string of the molecule is CCCCCCCc1cccc(C)c1C. The molecule has 0 aliphatic carbocycles. The van der Waals surface area contributed by atoms with E-state index >= 15 is 0 Å². The van der Waals surface area contributed by atoms with Crippen LogP contribution in [0.15, 0.2) is 18.2 Å². The second kappa shape index (κ2) is 6.66. The van der Waals surface area contributed by atoms with Gasteiger partial charge in [0.15, 0.2) is 0 Å². The first-order chi connectivity index (χ1) is 7.25. The molecule has 0 radical (unpaired) electrons. The Morgan fingerprint density at radius 1 is 0.933 bits per heavy atom. The molecule has 0 amide bonds. The molecule has 0 fully saturated rings. The van der Waals surface area contributed by atoms with E-state index in [0.717, 1.165) is 0 Å². The minimum absolute atomic E-state index is 1.26. The van der Waals surface area contributed by atoms with Gasteiger partial charge in [-0.2, -0.15) is 0 Å². The maximum atomic E-state index is 2.28. The molecule has 1 rings (SSSR count). The van der Waals surface area contributed by atoms with Crippen LogP contribution in [0.25, 0.3) is 0 Å². The molecule has 0 saturated heterocycles. The summed E-state index contributed by atoms with van der Waals surface area (Å²) in [5, 5.41) is 0. The van der Waals surface area contributed by atoms with Crippen LogP contribution in [0.4, 0.5) is 0 Å². The fourth-order valence-corrected chi connectivity index (χ4v) is 2.00. The lowest BCUT2D eigenvalue weighted by Crippen LogP contribution is -1.92. The summed E-state index contributed by atoms with van der Waals surface area (Å²) in [6, 6.07) is 6.67. The second-order valence-corrected chi connectivity index (χ2v) is 4.52. The third-order valence-electron chi connectivity index (χ3n) is 3.27. The van der Waals surface area contributed by atoms with Crippen LogP contribution in [0.1, 0.15) is 55.7 Å². The number of unbranched alkanes of at least 4 members (excludes halogenated alkanes) is 4. The Hall–Kier alpha value is -0.780. The molecule has 0 aliphatic heterocycles. The fourth-order valence-electron chi connectivity index (χ4n) is 2.00. The summed E-state index contributed by atoms with van der Waals surface area (Å²) in [6.45, 7) is 6.72. The van der Waals surface area contributed by atoms with Crippen LogP contribution < -0.4 is 0 Å². The Balaban J connectivity index is 2.34. The van der Waals surface area contributed by atoms with E-state index in [1.807, 2.05) is 0 Å². The van der Waals surface area contributed by atoms with Crippen LogP contribution in [0.5, 0.6) is 0 Å². The van der Waals surface area contributed by atoms with Gasteiger partial charge in [0.05, 0.1) is 0 Å². The molecule has 15 heavy (non-hydrogen) atoms. The van der Waals surface area contributed by atoms with Crippen molar-refractivity contribution in [1.29, 1.82) is 0 Å². The van der Waals surface area contributed by atoms with Gasteiger partial charge < -0.3 is 0 Å². The van der Waals surface area contributed by atoms with Crippen molar-refractivity contribution in [2.24, 2.45) is 0 Å². The minimum Gasteiger partial charge on any atom is -0.0654 e. The molecule has 0 bridgehead atoms. The van der Waals surface area contributed by atoms with Gasteiger partial charge in [-0.1, -0.05) is 50.8 Å². The highest BCUT2D eigenvalue weighted by atomic mass is 14.1. The smallest absolute Gasteiger partial charge is 0.0276 e. The van der Waals surface area contributed by atoms with Gasteiger partial charge in [0.2, 0.25) is 0 Å². The highest BCUT2D eigenvalue weighted by Crippen LogP contribution is 2.16. The van der Waals surface area contributed by atoms with Gasteiger partial charge in [0.25, 0.3) is 0 Å². The quantitative estimate of drug-likeness (QED) is 0.583. The van der Waals surface area contributed by atoms with Crippen LogP contribution in [-0.2, 0) is 6.42 Å². The van der Waals surface area contributed by atoms with Crippen molar-refractivity contribution in [1.82, 2.24) is 0 Å². The van der Waals surface area contributed by atoms with E-state index in [0.29, 0.717) is 0 Å². The highest BCUT2D eigenvalue weighted by Gasteiger charge is 1.99. The molecule has 0 spiro atoms. The third-order valence-corrected chi connectivity index (χ3v) is 3.27. The first-order valence-corrected chi connectivity index (χ1v) is 6.30. The number of hydrogen-bond acceptors (Lipinski definition) is 0. The van der Waals surface area contributed by atoms with Crippen LogP contribution in [0.2, 0.25) is 0 Å². The average molecular weight is 204 g/mol. The number of hydrogen-bond donors (Lipinski definition) is 0. The molecule has 0 N–H and O–H groups in total. The lowest BCUT2D eigenvalue weighted by Gasteiger charge is -2.08. The maximum absolute atomic E-state index is 2.28. The first-order valence-electron chi connectivity index (χ1n) is 6.30. The normalized spacial score (nSPS) is 10.6. The Morgan fingerprint density at radius 3 is 2.40 bits per heavy atom. The summed E-state index contributed by atoms with van der Waals surface area (Å²) in [4.78, 5) is 0. The van der Waals surface area contributed by atoms with Gasteiger partial charge in [-0.05, 0) is 43.4 Å². The van der Waals surface area contributed by atoms with E-state index in [1.165, 1.54) is 49.7 Å². The summed E-state index contributed by atoms with van der Waals surface area (Å²) >= 11 is 0. The Labute approximate surface area is 94.7 Å². The van der Waals surface area contributed by atoms with Gasteiger partial charge in [0.1, 0.15) is 0 Å². The van der Waals surface area contributed by atoms with E-state index in [9.17, 15) is 0 Å². The molecule has 0 aliphatic rings. The molecule has 0 nitrogen and oxygen atoms in total. The zero-order valence-electron chi connectivity index (χ0n) is 10.5. The molecule has 0 atom stereocenters. The Kier molecular flexibility index (Phi) is 5.45. The van der Waals surface area contributed by atoms with Crippen molar-refractivity contribution < 1.29 is 0 Å². The van der Waals surface area contributed by atoms with Crippen LogP contribution in [-0.4, -0.2) is 0 Å². The van der Waals surface area contributed by atoms with Gasteiger partial charge in [0, 0.05) is 0 Å². The van der Waals surface area contributed by atoms with Gasteiger partial charge in [-0.15, -0.1) is 0 Å². The van der Waals surface area contributed by atoms with Crippen LogP contribution in [0, 0.1) is 13.8 Å². The van der Waals surface area contributed by atoms with Crippen molar-refractivity contribution in [3.63, 3.8) is 0 Å². The summed E-state index contributed by atoms with van der Waals surface area (Å²) in [6.07, 6.45) is 8.14. The fraction of sp³-hybridized carbons (Fsp3) is 0.600. The van der Waals surface area contributed by atoms with E-state index in [4.69, 9.17) is 0 Å². The number of aryl methyl sites for hydroxylation is 2. The van der Waals surface area contributed by atoms with Gasteiger partial charge >= 0.3 is 0 Å². The molecule has 0 heteroatoms. The molecule has 84 valence electrons. The topological polar surface area (TPSA) is 0 Å². The summed E-state index contributed by atoms with van der Waals surface area (Å²) < 4.78 is 0. The van der Waals surface area contributed by atoms with Gasteiger partial charge in [-0.3, -0.25) is 0 Å². The third kappa shape index (κ3) is 4.07. The van der Waals surface area contributed by atoms with E-state index in [1.54, 1.807) is 5.56 Å². The lowest BCUT2D eigenvalue weighted by molar-refractivity contribution is 0.631. The molecule has 0 heterocycles. The molecule has 0 unspecified atom stereocenters. The Morgan fingerprint density at radius 2 is 1.67 bits per heavy atom. The van der Waals surface area contributed by atoms with Crippen LogP contribution >= 0.6 is 0 Å². The van der Waals surface area contributed by atoms with Crippen molar-refractivity contribution in [2.75, 3.05) is 0 Å². The molecule has 1 aromatic carbocycles. The van der Waals surface area contributed by atoms with Crippen molar-refractivity contribution in [3.05, 3.63) is 34.9 Å². The van der Waals surface area contributed by atoms with Crippen molar-refractivity contribution >= 4 is 0 Å². The first kappa shape index (κ1) is 12.3. The predicted molar refractivity (Wildman–Crippen MR) is 68.4 cm³/mol.